The van der Waals surface area contributed by atoms with E-state index in [-0.39, 0.29) is 11.5 Å². The Kier molecular flexibility index (Phi) is 5.47. The molecule has 18 heavy (non-hydrogen) atoms. The van der Waals surface area contributed by atoms with Gasteiger partial charge in [0.2, 0.25) is 0 Å². The van der Waals surface area contributed by atoms with E-state index < -0.39 is 6.10 Å². The molecule has 0 spiro atoms. The quantitative estimate of drug-likeness (QED) is 0.910. The summed E-state index contributed by atoms with van der Waals surface area (Å²) in [6.45, 7) is 6.11. The Morgan fingerprint density at radius 1 is 1.28 bits per heavy atom. The van der Waals surface area contributed by atoms with Crippen LogP contribution in [-0.4, -0.2) is 24.4 Å². The normalized spacial score (nSPS) is 15.5. The van der Waals surface area contributed by atoms with Crippen LogP contribution < -0.4 is 0 Å². The van der Waals surface area contributed by atoms with Crippen LogP contribution in [0.1, 0.15) is 26.3 Å². The number of aliphatic hydroxyl groups is 1. The van der Waals surface area contributed by atoms with Gasteiger partial charge in [-0.15, -0.1) is 0 Å². The summed E-state index contributed by atoms with van der Waals surface area (Å²) < 4.78 is 5.39. The molecule has 0 bridgehead atoms. The third-order valence-corrected chi connectivity index (χ3v) is 3.49. The fourth-order valence-electron chi connectivity index (χ4n) is 2.11. The zero-order valence-corrected chi connectivity index (χ0v) is 12.7. The summed E-state index contributed by atoms with van der Waals surface area (Å²) in [6, 6.07) is 5.29. The number of benzene rings is 1. The fourth-order valence-corrected chi connectivity index (χ4v) is 2.59. The average Bonchev–Trinajstić information content (AvgIpc) is 2.21. The number of halogens is 2. The molecular formula is C14H20Cl2O2. The summed E-state index contributed by atoms with van der Waals surface area (Å²) in [5.41, 5.74) is 0.743. The van der Waals surface area contributed by atoms with Crippen LogP contribution in [0, 0.1) is 5.41 Å². The highest BCUT2D eigenvalue weighted by Gasteiger charge is 2.31. The molecule has 1 aromatic rings. The minimum atomic E-state index is -0.603. The standard InChI is InChI=1S/C14H20Cl2O2/c1-14(2,3)13(18-4)12(17)7-9-5-6-10(15)8-11(9)16/h5-6,8,12-13,17H,7H2,1-4H3. The molecular weight excluding hydrogens is 271 g/mol. The largest absolute Gasteiger partial charge is 0.390 e. The first kappa shape index (κ1) is 15.8. The number of hydrogen-bond acceptors (Lipinski definition) is 2. The first-order chi connectivity index (χ1) is 8.25. The van der Waals surface area contributed by atoms with Crippen LogP contribution in [0.15, 0.2) is 18.2 Å². The van der Waals surface area contributed by atoms with E-state index in [0.29, 0.717) is 16.5 Å². The molecule has 2 nitrogen and oxygen atoms in total. The zero-order chi connectivity index (χ0) is 13.9. The van der Waals surface area contributed by atoms with Crippen LogP contribution in [0.5, 0.6) is 0 Å². The van der Waals surface area contributed by atoms with Gasteiger partial charge in [0.15, 0.2) is 0 Å². The van der Waals surface area contributed by atoms with E-state index in [1.807, 2.05) is 26.8 Å². The van der Waals surface area contributed by atoms with E-state index in [2.05, 4.69) is 0 Å². The molecule has 0 amide bonds. The summed E-state index contributed by atoms with van der Waals surface area (Å²) in [4.78, 5) is 0. The predicted molar refractivity (Wildman–Crippen MR) is 76.4 cm³/mol. The third-order valence-electron chi connectivity index (χ3n) is 2.90. The second-order valence-electron chi connectivity index (χ2n) is 5.53. The molecule has 0 saturated heterocycles. The Bertz CT molecular complexity index is 399. The fraction of sp³-hybridized carbons (Fsp3) is 0.571. The topological polar surface area (TPSA) is 29.5 Å². The molecule has 0 heterocycles. The summed E-state index contributed by atoms with van der Waals surface area (Å²) in [7, 11) is 1.61. The Labute approximate surface area is 119 Å². The van der Waals surface area contributed by atoms with Gasteiger partial charge in [0.05, 0.1) is 12.2 Å². The summed E-state index contributed by atoms with van der Waals surface area (Å²) in [6.07, 6.45) is -0.399. The van der Waals surface area contributed by atoms with Gasteiger partial charge in [-0.05, 0) is 23.1 Å². The van der Waals surface area contributed by atoms with E-state index >= 15 is 0 Å². The lowest BCUT2D eigenvalue weighted by atomic mass is 9.84. The van der Waals surface area contributed by atoms with Crippen molar-refractivity contribution in [2.45, 2.75) is 39.4 Å². The van der Waals surface area contributed by atoms with Crippen LogP contribution in [0.3, 0.4) is 0 Å². The molecule has 0 aliphatic rings. The molecule has 1 N–H and O–H groups in total. The summed E-state index contributed by atoms with van der Waals surface area (Å²) in [5, 5.41) is 11.4. The van der Waals surface area contributed by atoms with Crippen molar-refractivity contribution in [1.29, 1.82) is 0 Å². The summed E-state index contributed by atoms with van der Waals surface area (Å²) >= 11 is 11.9. The van der Waals surface area contributed by atoms with Gasteiger partial charge in [-0.2, -0.15) is 0 Å². The van der Waals surface area contributed by atoms with Gasteiger partial charge in [0, 0.05) is 23.6 Å². The van der Waals surface area contributed by atoms with Gasteiger partial charge in [-0.3, -0.25) is 0 Å². The molecule has 1 aromatic carbocycles. The lowest BCUT2D eigenvalue weighted by molar-refractivity contribution is -0.0698. The molecule has 0 aliphatic heterocycles. The minimum Gasteiger partial charge on any atom is -0.390 e. The molecule has 102 valence electrons. The average molecular weight is 291 g/mol. The van der Waals surface area contributed by atoms with Gasteiger partial charge in [-0.1, -0.05) is 50.0 Å². The molecule has 0 fully saturated rings. The number of methoxy groups -OCH3 is 1. The van der Waals surface area contributed by atoms with E-state index in [1.54, 1.807) is 19.2 Å². The van der Waals surface area contributed by atoms with Crippen LogP contribution in [-0.2, 0) is 11.2 Å². The Hall–Kier alpha value is -0.280. The molecule has 0 saturated carbocycles. The van der Waals surface area contributed by atoms with Gasteiger partial charge < -0.3 is 9.84 Å². The van der Waals surface area contributed by atoms with Crippen LogP contribution >= 0.6 is 23.2 Å². The number of rotatable bonds is 4. The maximum Gasteiger partial charge on any atom is 0.0881 e. The minimum absolute atomic E-state index is 0.132. The number of hydrogen-bond donors (Lipinski definition) is 1. The first-order valence-electron chi connectivity index (χ1n) is 5.90. The van der Waals surface area contributed by atoms with Crippen molar-refractivity contribution in [3.05, 3.63) is 33.8 Å². The van der Waals surface area contributed by atoms with Gasteiger partial charge in [0.1, 0.15) is 0 Å². The SMILES string of the molecule is COC(C(O)Cc1ccc(Cl)cc1Cl)C(C)(C)C. The van der Waals surface area contributed by atoms with Crippen molar-refractivity contribution in [3.8, 4) is 0 Å². The Morgan fingerprint density at radius 2 is 1.89 bits per heavy atom. The van der Waals surface area contributed by atoms with Crippen molar-refractivity contribution in [1.82, 2.24) is 0 Å². The predicted octanol–water partition coefficient (Wildman–Crippen LogP) is 3.96. The van der Waals surface area contributed by atoms with Crippen molar-refractivity contribution >= 4 is 23.2 Å². The monoisotopic (exact) mass is 290 g/mol. The van der Waals surface area contributed by atoms with Crippen molar-refractivity contribution in [3.63, 3.8) is 0 Å². The molecule has 0 aromatic heterocycles. The zero-order valence-electron chi connectivity index (χ0n) is 11.2. The van der Waals surface area contributed by atoms with Crippen molar-refractivity contribution in [2.24, 2.45) is 5.41 Å². The van der Waals surface area contributed by atoms with E-state index in [4.69, 9.17) is 27.9 Å². The van der Waals surface area contributed by atoms with Gasteiger partial charge in [0.25, 0.3) is 0 Å². The van der Waals surface area contributed by atoms with Crippen molar-refractivity contribution < 1.29 is 9.84 Å². The highest BCUT2D eigenvalue weighted by atomic mass is 35.5. The Balaban J connectivity index is 2.83. The van der Waals surface area contributed by atoms with E-state index in [0.717, 1.165) is 5.56 Å². The molecule has 2 unspecified atom stereocenters. The first-order valence-corrected chi connectivity index (χ1v) is 6.66. The van der Waals surface area contributed by atoms with Gasteiger partial charge in [-0.25, -0.2) is 0 Å². The van der Waals surface area contributed by atoms with Crippen LogP contribution in [0.4, 0.5) is 0 Å². The molecule has 1 rings (SSSR count). The van der Waals surface area contributed by atoms with Crippen molar-refractivity contribution in [2.75, 3.05) is 7.11 Å². The second-order valence-corrected chi connectivity index (χ2v) is 6.37. The highest BCUT2D eigenvalue weighted by Crippen LogP contribution is 2.28. The van der Waals surface area contributed by atoms with Crippen LogP contribution in [0.2, 0.25) is 10.0 Å². The number of ether oxygens (including phenoxy) is 1. The maximum absolute atomic E-state index is 10.3. The third kappa shape index (κ3) is 4.13. The molecule has 0 radical (unpaired) electrons. The summed E-state index contributed by atoms with van der Waals surface area (Å²) in [5.74, 6) is 0. The van der Waals surface area contributed by atoms with Gasteiger partial charge >= 0.3 is 0 Å². The smallest absolute Gasteiger partial charge is 0.0881 e. The van der Waals surface area contributed by atoms with Crippen LogP contribution in [0.25, 0.3) is 0 Å². The highest BCUT2D eigenvalue weighted by molar-refractivity contribution is 6.35. The molecule has 0 aliphatic carbocycles. The lowest BCUT2D eigenvalue weighted by Gasteiger charge is -2.33. The van der Waals surface area contributed by atoms with E-state index in [9.17, 15) is 5.11 Å². The molecule has 2 atom stereocenters. The molecule has 4 heteroatoms. The lowest BCUT2D eigenvalue weighted by Crippen LogP contribution is -2.40. The number of aliphatic hydroxyl groups excluding tert-OH is 1. The Morgan fingerprint density at radius 3 is 2.33 bits per heavy atom. The van der Waals surface area contributed by atoms with E-state index in [1.165, 1.54) is 0 Å². The second kappa shape index (κ2) is 6.25. The maximum atomic E-state index is 10.3.